The highest BCUT2D eigenvalue weighted by atomic mass is 79.9. The minimum atomic E-state index is -3.64. The maximum Gasteiger partial charge on any atom is 0.336 e. The van der Waals surface area contributed by atoms with Crippen molar-refractivity contribution in [3.8, 4) is 0 Å². The second-order valence-electron chi connectivity index (χ2n) is 4.53. The molecule has 116 valence electrons. The van der Waals surface area contributed by atoms with Gasteiger partial charge in [0.1, 0.15) is 0 Å². The number of alkyl halides is 1. The Kier molecular flexibility index (Phi) is 5.37. The zero-order chi connectivity index (χ0) is 15.5. The van der Waals surface area contributed by atoms with Crippen molar-refractivity contribution >= 4 is 31.9 Å². The number of esters is 1. The van der Waals surface area contributed by atoms with Crippen molar-refractivity contribution in [1.29, 1.82) is 0 Å². The normalized spacial score (nSPS) is 20.2. The van der Waals surface area contributed by atoms with Gasteiger partial charge in [0.25, 0.3) is 0 Å². The molecule has 1 aromatic carbocycles. The molecule has 0 aromatic heterocycles. The molecule has 0 saturated carbocycles. The number of morpholine rings is 1. The molecule has 1 atom stereocenters. The number of sulfonamides is 1. The van der Waals surface area contributed by atoms with Gasteiger partial charge in [-0.05, 0) is 17.7 Å². The first-order valence-electron chi connectivity index (χ1n) is 6.33. The molecule has 1 aliphatic rings. The number of methoxy groups -OCH3 is 1. The van der Waals surface area contributed by atoms with Gasteiger partial charge in [-0.3, -0.25) is 0 Å². The van der Waals surface area contributed by atoms with Crippen molar-refractivity contribution in [3.05, 3.63) is 29.8 Å². The molecule has 0 spiro atoms. The first-order valence-corrected chi connectivity index (χ1v) is 8.89. The standard InChI is InChI=1S/C13H16BrNO5S/c1-19-13(16)12-9-15(5-6-20-12)21(17,18)11-4-2-3-10(7-11)8-14/h2-4,7,12H,5-6,8-9H2,1H3. The van der Waals surface area contributed by atoms with E-state index in [0.29, 0.717) is 5.33 Å². The van der Waals surface area contributed by atoms with Crippen LogP contribution in [0.25, 0.3) is 0 Å². The molecule has 2 rings (SSSR count). The predicted molar refractivity (Wildman–Crippen MR) is 79.6 cm³/mol. The molecule has 1 fully saturated rings. The van der Waals surface area contributed by atoms with Crippen LogP contribution < -0.4 is 0 Å². The van der Waals surface area contributed by atoms with Crippen LogP contribution in [0.2, 0.25) is 0 Å². The van der Waals surface area contributed by atoms with Crippen LogP contribution in [0.3, 0.4) is 0 Å². The van der Waals surface area contributed by atoms with Crippen molar-refractivity contribution in [2.75, 3.05) is 26.8 Å². The zero-order valence-electron chi connectivity index (χ0n) is 11.5. The third-order valence-electron chi connectivity index (χ3n) is 3.18. The summed E-state index contributed by atoms with van der Waals surface area (Å²) in [6.45, 7) is 0.346. The fourth-order valence-corrected chi connectivity index (χ4v) is 3.90. The second kappa shape index (κ2) is 6.87. The van der Waals surface area contributed by atoms with Crippen LogP contribution in [-0.4, -0.2) is 51.6 Å². The molecule has 0 bridgehead atoms. The fourth-order valence-electron chi connectivity index (χ4n) is 2.06. The summed E-state index contributed by atoms with van der Waals surface area (Å²) in [7, 11) is -2.40. The summed E-state index contributed by atoms with van der Waals surface area (Å²) in [6, 6.07) is 6.70. The highest BCUT2D eigenvalue weighted by molar-refractivity contribution is 9.08. The molecule has 1 saturated heterocycles. The highest BCUT2D eigenvalue weighted by Crippen LogP contribution is 2.21. The van der Waals surface area contributed by atoms with Crippen LogP contribution >= 0.6 is 15.9 Å². The third kappa shape index (κ3) is 3.63. The monoisotopic (exact) mass is 377 g/mol. The lowest BCUT2D eigenvalue weighted by Crippen LogP contribution is -2.48. The second-order valence-corrected chi connectivity index (χ2v) is 7.03. The lowest BCUT2D eigenvalue weighted by Gasteiger charge is -2.30. The molecule has 21 heavy (non-hydrogen) atoms. The van der Waals surface area contributed by atoms with Gasteiger partial charge < -0.3 is 9.47 Å². The molecule has 1 heterocycles. The number of hydrogen-bond donors (Lipinski definition) is 0. The average Bonchev–Trinajstić information content (AvgIpc) is 2.54. The minimum absolute atomic E-state index is 0.0342. The Morgan fingerprint density at radius 2 is 2.29 bits per heavy atom. The molecule has 0 N–H and O–H groups in total. The number of hydrogen-bond acceptors (Lipinski definition) is 5. The van der Waals surface area contributed by atoms with E-state index in [9.17, 15) is 13.2 Å². The van der Waals surface area contributed by atoms with Gasteiger partial charge in [-0.2, -0.15) is 4.31 Å². The Hall–Kier alpha value is -0.960. The van der Waals surface area contributed by atoms with Gasteiger partial charge in [0, 0.05) is 11.9 Å². The zero-order valence-corrected chi connectivity index (χ0v) is 13.9. The van der Waals surface area contributed by atoms with Crippen molar-refractivity contribution < 1.29 is 22.7 Å². The molecule has 1 aromatic rings. The number of carbonyl (C=O) groups excluding carboxylic acids is 1. The molecule has 1 unspecified atom stereocenters. The Morgan fingerprint density at radius 3 is 2.95 bits per heavy atom. The van der Waals surface area contributed by atoms with Gasteiger partial charge >= 0.3 is 5.97 Å². The molecule has 0 amide bonds. The topological polar surface area (TPSA) is 72.9 Å². The van der Waals surface area contributed by atoms with Crippen LogP contribution in [0, 0.1) is 0 Å². The van der Waals surface area contributed by atoms with Gasteiger partial charge in [0.15, 0.2) is 6.10 Å². The first kappa shape index (κ1) is 16.4. The van der Waals surface area contributed by atoms with Crippen LogP contribution in [0.4, 0.5) is 0 Å². The minimum Gasteiger partial charge on any atom is -0.467 e. The van der Waals surface area contributed by atoms with E-state index in [0.717, 1.165) is 5.56 Å². The average molecular weight is 378 g/mol. The number of ether oxygens (including phenoxy) is 2. The number of halogens is 1. The van der Waals surface area contributed by atoms with Gasteiger partial charge in [-0.1, -0.05) is 28.1 Å². The maximum atomic E-state index is 12.6. The van der Waals surface area contributed by atoms with Crippen LogP contribution in [0.1, 0.15) is 5.56 Å². The van der Waals surface area contributed by atoms with E-state index in [1.807, 2.05) is 6.07 Å². The smallest absolute Gasteiger partial charge is 0.336 e. The van der Waals surface area contributed by atoms with E-state index in [1.54, 1.807) is 18.2 Å². The van der Waals surface area contributed by atoms with Crippen molar-refractivity contribution in [1.82, 2.24) is 4.31 Å². The number of nitrogens with zero attached hydrogens (tertiary/aromatic N) is 1. The van der Waals surface area contributed by atoms with Crippen LogP contribution in [0.15, 0.2) is 29.2 Å². The molecule has 8 heteroatoms. The van der Waals surface area contributed by atoms with Crippen molar-refractivity contribution in [2.45, 2.75) is 16.3 Å². The van der Waals surface area contributed by atoms with Gasteiger partial charge in [-0.25, -0.2) is 13.2 Å². The Labute approximate surface area is 132 Å². The van der Waals surface area contributed by atoms with E-state index in [4.69, 9.17) is 4.74 Å². The molecular formula is C13H16BrNO5S. The highest BCUT2D eigenvalue weighted by Gasteiger charge is 2.34. The van der Waals surface area contributed by atoms with Gasteiger partial charge in [0.2, 0.25) is 10.0 Å². The summed E-state index contributed by atoms with van der Waals surface area (Å²) in [5, 5.41) is 0.574. The quantitative estimate of drug-likeness (QED) is 0.581. The van der Waals surface area contributed by atoms with Gasteiger partial charge in [0.05, 0.1) is 25.2 Å². The summed E-state index contributed by atoms with van der Waals surface area (Å²) >= 11 is 3.30. The lowest BCUT2D eigenvalue weighted by atomic mass is 10.2. The Bertz CT molecular complexity index is 619. The third-order valence-corrected chi connectivity index (χ3v) is 5.69. The maximum absolute atomic E-state index is 12.6. The number of rotatable bonds is 4. The van der Waals surface area contributed by atoms with E-state index >= 15 is 0 Å². The predicted octanol–water partition coefficient (Wildman–Crippen LogP) is 1.14. The number of benzene rings is 1. The van der Waals surface area contributed by atoms with E-state index in [-0.39, 0.29) is 24.6 Å². The summed E-state index contributed by atoms with van der Waals surface area (Å²) in [4.78, 5) is 11.7. The molecular weight excluding hydrogens is 362 g/mol. The summed E-state index contributed by atoms with van der Waals surface area (Å²) < 4.78 is 36.3. The molecule has 0 radical (unpaired) electrons. The molecule has 1 aliphatic heterocycles. The summed E-state index contributed by atoms with van der Waals surface area (Å²) in [5.74, 6) is -0.566. The van der Waals surface area contributed by atoms with Crippen LogP contribution in [-0.2, 0) is 29.6 Å². The Balaban J connectivity index is 2.24. The van der Waals surface area contributed by atoms with Crippen LogP contribution in [0.5, 0.6) is 0 Å². The van der Waals surface area contributed by atoms with Crippen molar-refractivity contribution in [2.24, 2.45) is 0 Å². The fraction of sp³-hybridized carbons (Fsp3) is 0.462. The van der Waals surface area contributed by atoms with E-state index < -0.39 is 22.1 Å². The summed E-state index contributed by atoms with van der Waals surface area (Å²) in [6.07, 6.45) is -0.877. The van der Waals surface area contributed by atoms with Gasteiger partial charge in [-0.15, -0.1) is 0 Å². The SMILES string of the molecule is COC(=O)C1CN(S(=O)(=O)c2cccc(CBr)c2)CCO1. The van der Waals surface area contributed by atoms with Crippen molar-refractivity contribution in [3.63, 3.8) is 0 Å². The van der Waals surface area contributed by atoms with E-state index in [1.165, 1.54) is 11.4 Å². The first-order chi connectivity index (χ1) is 9.98. The lowest BCUT2D eigenvalue weighted by molar-refractivity contribution is -0.157. The largest absolute Gasteiger partial charge is 0.467 e. The molecule has 6 nitrogen and oxygen atoms in total. The number of carbonyl (C=O) groups is 1. The summed E-state index contributed by atoms with van der Waals surface area (Å²) in [5.41, 5.74) is 0.869. The van der Waals surface area contributed by atoms with E-state index in [2.05, 4.69) is 20.7 Å². The molecule has 0 aliphatic carbocycles. The Morgan fingerprint density at radius 1 is 1.52 bits per heavy atom.